The lowest BCUT2D eigenvalue weighted by Crippen LogP contribution is -2.41. The van der Waals surface area contributed by atoms with E-state index in [9.17, 15) is 9.90 Å². The normalized spacial score (nSPS) is 12.1. The number of aryl methyl sites for hydroxylation is 2. The molecule has 6 heteroatoms. The molecule has 2 aromatic rings. The van der Waals surface area contributed by atoms with Gasteiger partial charge in [-0.3, -0.25) is 9.48 Å². The van der Waals surface area contributed by atoms with E-state index in [4.69, 9.17) is 5.73 Å². The summed E-state index contributed by atoms with van der Waals surface area (Å²) in [6.45, 7) is 2.32. The Hall–Kier alpha value is -2.34. The monoisotopic (exact) mass is 288 g/mol. The molecule has 1 atom stereocenters. The number of phenolic OH excluding ortho intramolecular Hbond substituents is 1. The first-order valence-corrected chi connectivity index (χ1v) is 6.76. The Morgan fingerprint density at radius 3 is 2.67 bits per heavy atom. The molecule has 112 valence electrons. The number of hydrogen-bond acceptors (Lipinski definition) is 4. The van der Waals surface area contributed by atoms with Gasteiger partial charge in [0.05, 0.1) is 11.7 Å². The van der Waals surface area contributed by atoms with E-state index in [1.165, 1.54) is 0 Å². The highest BCUT2D eigenvalue weighted by atomic mass is 16.3. The second-order valence-corrected chi connectivity index (χ2v) is 5.11. The number of amides is 1. The number of carbonyl (C=O) groups is 1. The van der Waals surface area contributed by atoms with E-state index in [1.807, 2.05) is 20.2 Å². The molecule has 21 heavy (non-hydrogen) atoms. The van der Waals surface area contributed by atoms with Crippen molar-refractivity contribution in [3.8, 4) is 5.75 Å². The topological polar surface area (TPSA) is 93.2 Å². The first-order valence-electron chi connectivity index (χ1n) is 6.76. The van der Waals surface area contributed by atoms with Crippen LogP contribution in [0.25, 0.3) is 0 Å². The number of nitrogens with zero attached hydrogens (tertiary/aromatic N) is 2. The second kappa shape index (κ2) is 6.41. The van der Waals surface area contributed by atoms with Crippen molar-refractivity contribution in [3.05, 3.63) is 47.3 Å². The fourth-order valence-electron chi connectivity index (χ4n) is 2.11. The minimum absolute atomic E-state index is 0.198. The van der Waals surface area contributed by atoms with Gasteiger partial charge >= 0.3 is 0 Å². The molecule has 1 amide bonds. The van der Waals surface area contributed by atoms with Gasteiger partial charge in [0.25, 0.3) is 0 Å². The molecule has 1 aromatic heterocycles. The van der Waals surface area contributed by atoms with Crippen molar-refractivity contribution in [1.82, 2.24) is 15.1 Å². The summed E-state index contributed by atoms with van der Waals surface area (Å²) in [7, 11) is 1.84. The molecule has 0 spiro atoms. The average Bonchev–Trinajstić information content (AvgIpc) is 2.76. The zero-order valence-corrected chi connectivity index (χ0v) is 12.2. The number of aromatic hydroxyl groups is 1. The summed E-state index contributed by atoms with van der Waals surface area (Å²) in [5.41, 5.74) is 8.68. The molecule has 0 unspecified atom stereocenters. The number of nitrogens with one attached hydrogen (secondary N) is 1. The minimum Gasteiger partial charge on any atom is -0.508 e. The molecule has 0 aliphatic rings. The van der Waals surface area contributed by atoms with Gasteiger partial charge in [0.1, 0.15) is 5.75 Å². The molecule has 0 fully saturated rings. The number of phenols is 1. The number of nitrogens with two attached hydrogens (primary N) is 1. The van der Waals surface area contributed by atoms with E-state index in [-0.39, 0.29) is 11.7 Å². The molecule has 0 aliphatic heterocycles. The SMILES string of the molecule is Cc1nn(C)cc1CNC(=O)[C@H](N)Cc1ccc(O)cc1. The Bertz CT molecular complexity index is 619. The smallest absolute Gasteiger partial charge is 0.237 e. The summed E-state index contributed by atoms with van der Waals surface area (Å²) in [4.78, 5) is 12.0. The number of carbonyl (C=O) groups excluding carboxylic acids is 1. The lowest BCUT2D eigenvalue weighted by atomic mass is 10.1. The maximum absolute atomic E-state index is 12.0. The van der Waals surface area contributed by atoms with Crippen molar-refractivity contribution in [2.75, 3.05) is 0 Å². The molecule has 6 nitrogen and oxygen atoms in total. The third-order valence-electron chi connectivity index (χ3n) is 3.30. The van der Waals surface area contributed by atoms with E-state index in [1.54, 1.807) is 28.9 Å². The van der Waals surface area contributed by atoms with Crippen LogP contribution in [0.5, 0.6) is 5.75 Å². The van der Waals surface area contributed by atoms with Gasteiger partial charge in [-0.05, 0) is 31.0 Å². The predicted molar refractivity (Wildman–Crippen MR) is 79.6 cm³/mol. The fraction of sp³-hybridized carbons (Fsp3) is 0.333. The molecule has 0 aliphatic carbocycles. The van der Waals surface area contributed by atoms with Crippen LogP contribution < -0.4 is 11.1 Å². The van der Waals surface area contributed by atoms with Gasteiger partial charge in [-0.15, -0.1) is 0 Å². The Kier molecular flexibility index (Phi) is 4.59. The lowest BCUT2D eigenvalue weighted by Gasteiger charge is -2.12. The first kappa shape index (κ1) is 15.1. The highest BCUT2D eigenvalue weighted by Crippen LogP contribution is 2.11. The summed E-state index contributed by atoms with van der Waals surface area (Å²) in [6.07, 6.45) is 2.30. The lowest BCUT2D eigenvalue weighted by molar-refractivity contribution is -0.122. The van der Waals surface area contributed by atoms with Crippen molar-refractivity contribution >= 4 is 5.91 Å². The summed E-state index contributed by atoms with van der Waals surface area (Å²) < 4.78 is 1.72. The quantitative estimate of drug-likeness (QED) is 0.752. The highest BCUT2D eigenvalue weighted by Gasteiger charge is 2.14. The number of rotatable bonds is 5. The van der Waals surface area contributed by atoms with Gasteiger partial charge in [-0.25, -0.2) is 0 Å². The van der Waals surface area contributed by atoms with Crippen molar-refractivity contribution < 1.29 is 9.90 Å². The molecule has 2 rings (SSSR count). The first-order chi connectivity index (χ1) is 9.95. The van der Waals surface area contributed by atoms with Gasteiger partial charge < -0.3 is 16.2 Å². The van der Waals surface area contributed by atoms with Gasteiger partial charge in [0, 0.05) is 25.4 Å². The number of benzene rings is 1. The van der Waals surface area contributed by atoms with Crippen LogP contribution in [0.1, 0.15) is 16.8 Å². The zero-order valence-electron chi connectivity index (χ0n) is 12.2. The van der Waals surface area contributed by atoms with Crippen LogP contribution in [0.4, 0.5) is 0 Å². The molecular weight excluding hydrogens is 268 g/mol. The third-order valence-corrected chi connectivity index (χ3v) is 3.30. The Labute approximate surface area is 123 Å². The van der Waals surface area contributed by atoms with Crippen LogP contribution in [0, 0.1) is 6.92 Å². The van der Waals surface area contributed by atoms with Crippen LogP contribution in [-0.2, 0) is 24.8 Å². The highest BCUT2D eigenvalue weighted by molar-refractivity contribution is 5.81. The third kappa shape index (κ3) is 4.06. The van der Waals surface area contributed by atoms with Gasteiger partial charge in [0.15, 0.2) is 0 Å². The standard InChI is InChI=1S/C15H20N4O2/c1-10-12(9-19(2)18-10)8-17-15(21)14(16)7-11-3-5-13(20)6-4-11/h3-6,9,14,20H,7-8,16H2,1-2H3,(H,17,21)/t14-/m1/s1. The van der Waals surface area contributed by atoms with Crippen molar-refractivity contribution in [2.45, 2.75) is 25.9 Å². The second-order valence-electron chi connectivity index (χ2n) is 5.11. The van der Waals surface area contributed by atoms with E-state index in [2.05, 4.69) is 10.4 Å². The molecule has 0 saturated heterocycles. The van der Waals surface area contributed by atoms with Gasteiger partial charge in [0.2, 0.25) is 5.91 Å². The molecule has 0 saturated carbocycles. The number of hydrogen-bond donors (Lipinski definition) is 3. The van der Waals surface area contributed by atoms with E-state index >= 15 is 0 Å². The largest absolute Gasteiger partial charge is 0.508 e. The van der Waals surface area contributed by atoms with Crippen molar-refractivity contribution in [2.24, 2.45) is 12.8 Å². The Morgan fingerprint density at radius 2 is 2.10 bits per heavy atom. The predicted octanol–water partition coefficient (Wildman–Crippen LogP) is 0.620. The van der Waals surface area contributed by atoms with Crippen LogP contribution >= 0.6 is 0 Å². The molecule has 0 bridgehead atoms. The van der Waals surface area contributed by atoms with Crippen molar-refractivity contribution in [1.29, 1.82) is 0 Å². The molecule has 1 heterocycles. The maximum Gasteiger partial charge on any atom is 0.237 e. The molecule has 1 aromatic carbocycles. The molecular formula is C15H20N4O2. The zero-order chi connectivity index (χ0) is 15.4. The summed E-state index contributed by atoms with van der Waals surface area (Å²) >= 11 is 0. The van der Waals surface area contributed by atoms with Crippen LogP contribution in [0.15, 0.2) is 30.5 Å². The molecule has 0 radical (unpaired) electrons. The van der Waals surface area contributed by atoms with Gasteiger partial charge in [-0.2, -0.15) is 5.10 Å². The minimum atomic E-state index is -0.619. The van der Waals surface area contributed by atoms with Crippen molar-refractivity contribution in [3.63, 3.8) is 0 Å². The summed E-state index contributed by atoms with van der Waals surface area (Å²) in [5.74, 6) is -0.00449. The van der Waals surface area contributed by atoms with E-state index < -0.39 is 6.04 Å². The summed E-state index contributed by atoms with van der Waals surface area (Å²) in [5, 5.41) is 16.3. The fourth-order valence-corrected chi connectivity index (χ4v) is 2.11. The van der Waals surface area contributed by atoms with Crippen LogP contribution in [0.2, 0.25) is 0 Å². The molecule has 4 N–H and O–H groups in total. The maximum atomic E-state index is 12.0. The van der Waals surface area contributed by atoms with Crippen LogP contribution in [-0.4, -0.2) is 26.8 Å². The van der Waals surface area contributed by atoms with E-state index in [0.717, 1.165) is 16.8 Å². The summed E-state index contributed by atoms with van der Waals surface area (Å²) in [6, 6.07) is 6.06. The Balaban J connectivity index is 1.87. The van der Waals surface area contributed by atoms with E-state index in [0.29, 0.717) is 13.0 Å². The van der Waals surface area contributed by atoms with Crippen LogP contribution in [0.3, 0.4) is 0 Å². The number of aromatic nitrogens is 2. The van der Waals surface area contributed by atoms with Gasteiger partial charge in [-0.1, -0.05) is 12.1 Å². The Morgan fingerprint density at radius 1 is 1.43 bits per heavy atom. The average molecular weight is 288 g/mol.